The fourth-order valence-electron chi connectivity index (χ4n) is 4.21. The van der Waals surface area contributed by atoms with E-state index in [4.69, 9.17) is 0 Å². The molecule has 0 saturated heterocycles. The van der Waals surface area contributed by atoms with Crippen LogP contribution in [-0.2, 0) is 22.2 Å². The molecule has 2 aromatic heterocycles. The Labute approximate surface area is 187 Å². The van der Waals surface area contributed by atoms with Crippen molar-refractivity contribution in [3.8, 4) is 0 Å². The molecule has 0 bridgehead atoms. The van der Waals surface area contributed by atoms with Crippen LogP contribution in [-0.4, -0.2) is 51.0 Å². The highest BCUT2D eigenvalue weighted by Gasteiger charge is 2.22. The zero-order chi connectivity index (χ0) is 21.8. The van der Waals surface area contributed by atoms with Crippen molar-refractivity contribution in [2.24, 2.45) is 5.92 Å². The molecule has 2 heterocycles. The molecule has 3 aromatic rings. The molecule has 2 N–H and O–H groups in total. The lowest BCUT2D eigenvalue weighted by Gasteiger charge is -2.18. The molecule has 8 nitrogen and oxygen atoms in total. The number of hydrogen-bond donors (Lipinski definition) is 2. The van der Waals surface area contributed by atoms with E-state index in [0.717, 1.165) is 35.0 Å². The summed E-state index contributed by atoms with van der Waals surface area (Å²) in [5.74, 6) is 3.15. The second-order valence-corrected chi connectivity index (χ2v) is 10.9. The Morgan fingerprint density at radius 3 is 2.65 bits per heavy atom. The third-order valence-corrected chi connectivity index (χ3v) is 8.86. The van der Waals surface area contributed by atoms with E-state index in [1.54, 1.807) is 18.2 Å². The van der Waals surface area contributed by atoms with Crippen LogP contribution < -0.4 is 0 Å². The SMILES string of the molecule is CCN(CC)S(=O)(=O)c1ccc2nc(CSc3n[nH]c(CCC4CCCC4)n3)[nH]c2c1. The largest absolute Gasteiger partial charge is 0.341 e. The van der Waals surface area contributed by atoms with Crippen molar-refractivity contribution in [1.29, 1.82) is 0 Å². The molecule has 10 heteroatoms. The van der Waals surface area contributed by atoms with Crippen molar-refractivity contribution in [2.75, 3.05) is 13.1 Å². The number of aromatic nitrogens is 5. The lowest BCUT2D eigenvalue weighted by atomic mass is 10.0. The number of sulfonamides is 1. The average Bonchev–Trinajstić information content (AvgIpc) is 3.51. The lowest BCUT2D eigenvalue weighted by Crippen LogP contribution is -2.30. The Hall–Kier alpha value is -1.91. The second kappa shape index (κ2) is 9.70. The number of rotatable bonds is 10. The van der Waals surface area contributed by atoms with Gasteiger partial charge in [0.2, 0.25) is 15.2 Å². The van der Waals surface area contributed by atoms with E-state index in [9.17, 15) is 8.42 Å². The van der Waals surface area contributed by atoms with Crippen molar-refractivity contribution >= 4 is 32.8 Å². The summed E-state index contributed by atoms with van der Waals surface area (Å²) in [5.41, 5.74) is 1.47. The van der Waals surface area contributed by atoms with E-state index >= 15 is 0 Å². The molecule has 1 aliphatic carbocycles. The van der Waals surface area contributed by atoms with E-state index in [1.165, 1.54) is 48.2 Å². The lowest BCUT2D eigenvalue weighted by molar-refractivity contribution is 0.445. The molecule has 0 radical (unpaired) electrons. The van der Waals surface area contributed by atoms with Gasteiger partial charge in [-0.05, 0) is 30.5 Å². The topological polar surface area (TPSA) is 108 Å². The monoisotopic (exact) mass is 462 g/mol. The third-order valence-electron chi connectivity index (χ3n) is 5.96. The molecule has 168 valence electrons. The highest BCUT2D eigenvalue weighted by atomic mass is 32.2. The molecule has 0 spiro atoms. The zero-order valence-corrected chi connectivity index (χ0v) is 19.7. The van der Waals surface area contributed by atoms with Crippen LogP contribution in [0.3, 0.4) is 0 Å². The maximum atomic E-state index is 12.8. The normalized spacial score (nSPS) is 15.5. The number of hydrogen-bond acceptors (Lipinski definition) is 6. The van der Waals surface area contributed by atoms with Gasteiger partial charge in [-0.3, -0.25) is 5.10 Å². The Balaban J connectivity index is 1.39. The van der Waals surface area contributed by atoms with Gasteiger partial charge in [0.05, 0.1) is 21.7 Å². The van der Waals surface area contributed by atoms with Gasteiger partial charge in [-0.25, -0.2) is 18.4 Å². The minimum Gasteiger partial charge on any atom is -0.341 e. The van der Waals surface area contributed by atoms with Gasteiger partial charge in [0, 0.05) is 19.5 Å². The molecule has 1 fully saturated rings. The van der Waals surface area contributed by atoms with Crippen molar-refractivity contribution in [1.82, 2.24) is 29.5 Å². The number of aromatic amines is 2. The Morgan fingerprint density at radius 2 is 1.90 bits per heavy atom. The minimum absolute atomic E-state index is 0.285. The first-order valence-electron chi connectivity index (χ1n) is 11.0. The summed E-state index contributed by atoms with van der Waals surface area (Å²) in [6.45, 7) is 4.57. The zero-order valence-electron chi connectivity index (χ0n) is 18.1. The van der Waals surface area contributed by atoms with Crippen molar-refractivity contribution < 1.29 is 8.42 Å². The number of thioether (sulfide) groups is 1. The Morgan fingerprint density at radius 1 is 1.13 bits per heavy atom. The van der Waals surface area contributed by atoms with Crippen LogP contribution in [0.25, 0.3) is 11.0 Å². The Kier molecular flexibility index (Phi) is 6.98. The first-order valence-corrected chi connectivity index (χ1v) is 13.4. The van der Waals surface area contributed by atoms with E-state index in [0.29, 0.717) is 24.0 Å². The number of benzene rings is 1. The van der Waals surface area contributed by atoms with Crippen molar-refractivity contribution in [3.05, 3.63) is 29.8 Å². The molecule has 0 unspecified atom stereocenters. The highest BCUT2D eigenvalue weighted by molar-refractivity contribution is 7.98. The summed E-state index contributed by atoms with van der Waals surface area (Å²) in [6, 6.07) is 5.04. The van der Waals surface area contributed by atoms with Crippen LogP contribution in [0.1, 0.15) is 57.6 Å². The van der Waals surface area contributed by atoms with Gasteiger partial charge in [-0.1, -0.05) is 51.3 Å². The molecule has 1 aliphatic rings. The molecule has 31 heavy (non-hydrogen) atoms. The van der Waals surface area contributed by atoms with E-state index in [-0.39, 0.29) is 4.90 Å². The van der Waals surface area contributed by atoms with Crippen LogP contribution in [0.5, 0.6) is 0 Å². The Bertz CT molecular complexity index is 1110. The van der Waals surface area contributed by atoms with Gasteiger partial charge in [0.1, 0.15) is 11.6 Å². The van der Waals surface area contributed by atoms with E-state index < -0.39 is 10.0 Å². The third kappa shape index (κ3) is 5.12. The molecule has 1 saturated carbocycles. The maximum Gasteiger partial charge on any atom is 0.243 e. The van der Waals surface area contributed by atoms with Crippen LogP contribution in [0.15, 0.2) is 28.3 Å². The summed E-state index contributed by atoms with van der Waals surface area (Å²) in [6.07, 6.45) is 7.55. The summed E-state index contributed by atoms with van der Waals surface area (Å²) in [5, 5.41) is 8.08. The number of nitrogens with zero attached hydrogens (tertiary/aromatic N) is 4. The van der Waals surface area contributed by atoms with Gasteiger partial charge in [-0.15, -0.1) is 5.10 Å². The number of nitrogens with one attached hydrogen (secondary N) is 2. The first-order chi connectivity index (χ1) is 15.0. The average molecular weight is 463 g/mol. The van der Waals surface area contributed by atoms with Crippen molar-refractivity contribution in [2.45, 2.75) is 68.2 Å². The van der Waals surface area contributed by atoms with Crippen LogP contribution >= 0.6 is 11.8 Å². The van der Waals surface area contributed by atoms with Gasteiger partial charge >= 0.3 is 0 Å². The number of aryl methyl sites for hydroxylation is 1. The summed E-state index contributed by atoms with van der Waals surface area (Å²) in [4.78, 5) is 12.7. The number of fused-ring (bicyclic) bond motifs is 1. The van der Waals surface area contributed by atoms with Gasteiger partial charge < -0.3 is 4.98 Å². The summed E-state index contributed by atoms with van der Waals surface area (Å²) < 4.78 is 27.0. The van der Waals surface area contributed by atoms with Crippen LogP contribution in [0.2, 0.25) is 0 Å². The molecule has 0 aliphatic heterocycles. The fourth-order valence-corrected chi connectivity index (χ4v) is 6.38. The van der Waals surface area contributed by atoms with Gasteiger partial charge in [0.15, 0.2) is 0 Å². The summed E-state index contributed by atoms with van der Waals surface area (Å²) in [7, 11) is -3.49. The molecule has 0 atom stereocenters. The summed E-state index contributed by atoms with van der Waals surface area (Å²) >= 11 is 1.52. The maximum absolute atomic E-state index is 12.8. The van der Waals surface area contributed by atoms with Crippen LogP contribution in [0.4, 0.5) is 0 Å². The minimum atomic E-state index is -3.49. The highest BCUT2D eigenvalue weighted by Crippen LogP contribution is 2.28. The number of imidazole rings is 1. The van der Waals surface area contributed by atoms with E-state index in [2.05, 4.69) is 25.1 Å². The quantitative estimate of drug-likeness (QED) is 0.439. The second-order valence-electron chi connectivity index (χ2n) is 7.99. The van der Waals surface area contributed by atoms with Crippen LogP contribution in [0, 0.1) is 5.92 Å². The van der Waals surface area contributed by atoms with Crippen molar-refractivity contribution in [3.63, 3.8) is 0 Å². The van der Waals surface area contributed by atoms with Gasteiger partial charge in [0.25, 0.3) is 0 Å². The molecular weight excluding hydrogens is 432 g/mol. The predicted octanol–water partition coefficient (Wildman–Crippen LogP) is 4.13. The molecular formula is C21H30N6O2S2. The standard InChI is InChI=1S/C21H30N6O2S2/c1-3-27(4-2)31(28,29)16-10-11-17-18(13-16)23-20(22-17)14-30-21-24-19(25-26-21)12-9-15-7-5-6-8-15/h10-11,13,15H,3-9,12,14H2,1-2H3,(H,22,23)(H,24,25,26). The first kappa shape index (κ1) is 22.3. The molecule has 0 amide bonds. The predicted molar refractivity (Wildman–Crippen MR) is 122 cm³/mol. The molecule has 1 aromatic carbocycles. The number of H-pyrrole nitrogens is 2. The smallest absolute Gasteiger partial charge is 0.243 e. The molecule has 4 rings (SSSR count). The van der Waals surface area contributed by atoms with E-state index in [1.807, 2.05) is 13.8 Å². The van der Waals surface area contributed by atoms with Gasteiger partial charge in [-0.2, -0.15) is 4.31 Å². The fraction of sp³-hybridized carbons (Fsp3) is 0.571.